The molecule has 0 aliphatic heterocycles. The maximum Gasteiger partial charge on any atom is 0.304 e. The Balaban J connectivity index is 2.21. The summed E-state index contributed by atoms with van der Waals surface area (Å²) in [6.07, 6.45) is 0.147. The van der Waals surface area contributed by atoms with Crippen molar-refractivity contribution in [2.24, 2.45) is 0 Å². The average molecular weight is 443 g/mol. The molecule has 0 aliphatic rings. The SMILES string of the molecule is Bc1ccc(C(=O)NCC(C)N(CC(=O)NC=O)C(=O)c2ccc(BO)cc2F)c(F)c1. The van der Waals surface area contributed by atoms with E-state index in [1.165, 1.54) is 31.2 Å². The van der Waals surface area contributed by atoms with Crippen molar-refractivity contribution in [1.29, 1.82) is 0 Å². The number of nitrogens with one attached hydrogen (secondary N) is 2. The highest BCUT2D eigenvalue weighted by Crippen LogP contribution is 2.12. The third-order valence-corrected chi connectivity index (χ3v) is 4.70. The number of halogens is 2. The second kappa shape index (κ2) is 11.2. The van der Waals surface area contributed by atoms with Crippen LogP contribution in [0.2, 0.25) is 0 Å². The highest BCUT2D eigenvalue weighted by atomic mass is 19.1. The third kappa shape index (κ3) is 6.24. The van der Waals surface area contributed by atoms with E-state index >= 15 is 0 Å². The van der Waals surface area contributed by atoms with Gasteiger partial charge in [0.05, 0.1) is 11.1 Å². The Morgan fingerprint density at radius 1 is 1.16 bits per heavy atom. The van der Waals surface area contributed by atoms with Gasteiger partial charge in [0.1, 0.15) is 26.0 Å². The number of hydrogen-bond donors (Lipinski definition) is 3. The van der Waals surface area contributed by atoms with E-state index in [4.69, 9.17) is 5.02 Å². The molecule has 3 N–H and O–H groups in total. The van der Waals surface area contributed by atoms with Crippen molar-refractivity contribution in [3.8, 4) is 0 Å². The van der Waals surface area contributed by atoms with E-state index in [9.17, 15) is 28.0 Å². The van der Waals surface area contributed by atoms with Gasteiger partial charge in [0.2, 0.25) is 12.3 Å². The van der Waals surface area contributed by atoms with Gasteiger partial charge >= 0.3 is 7.48 Å². The maximum absolute atomic E-state index is 14.4. The number of carbonyl (C=O) groups excluding carboxylic acids is 4. The van der Waals surface area contributed by atoms with E-state index in [2.05, 4.69) is 5.32 Å². The second-order valence-corrected chi connectivity index (χ2v) is 7.13. The molecule has 166 valence electrons. The molecule has 8 nitrogen and oxygen atoms in total. The summed E-state index contributed by atoms with van der Waals surface area (Å²) in [5.74, 6) is -4.02. The molecule has 32 heavy (non-hydrogen) atoms. The van der Waals surface area contributed by atoms with E-state index in [1.807, 2.05) is 5.32 Å². The van der Waals surface area contributed by atoms with E-state index in [-0.39, 0.29) is 29.5 Å². The minimum Gasteiger partial charge on any atom is -0.449 e. The summed E-state index contributed by atoms with van der Waals surface area (Å²) in [5, 5.41) is 13.5. The Hall–Kier alpha value is -3.53. The lowest BCUT2D eigenvalue weighted by Crippen LogP contribution is -2.49. The molecule has 2 rings (SSSR count). The molecule has 0 fully saturated rings. The fraction of sp³-hybridized carbons (Fsp3) is 0.200. The maximum atomic E-state index is 14.4. The summed E-state index contributed by atoms with van der Waals surface area (Å²) >= 11 is 0. The first-order chi connectivity index (χ1) is 15.2. The molecule has 1 atom stereocenters. The number of benzene rings is 2. The van der Waals surface area contributed by atoms with Crippen molar-refractivity contribution in [2.45, 2.75) is 13.0 Å². The minimum absolute atomic E-state index is 0.147. The van der Waals surface area contributed by atoms with Crippen molar-refractivity contribution in [1.82, 2.24) is 15.5 Å². The molecule has 0 saturated heterocycles. The third-order valence-electron chi connectivity index (χ3n) is 4.70. The minimum atomic E-state index is -0.902. The predicted octanol–water partition coefficient (Wildman–Crippen LogP) is -2.27. The van der Waals surface area contributed by atoms with E-state index in [0.29, 0.717) is 5.46 Å². The van der Waals surface area contributed by atoms with Crippen LogP contribution in [0.4, 0.5) is 8.78 Å². The first-order valence-corrected chi connectivity index (χ1v) is 9.65. The summed E-state index contributed by atoms with van der Waals surface area (Å²) in [4.78, 5) is 48.7. The Kier molecular flexibility index (Phi) is 8.65. The van der Waals surface area contributed by atoms with Gasteiger partial charge in [0.25, 0.3) is 11.8 Å². The van der Waals surface area contributed by atoms with Crippen LogP contribution in [-0.4, -0.2) is 68.5 Å². The normalized spacial score (nSPS) is 11.2. The molecule has 12 heteroatoms. The molecule has 0 radical (unpaired) electrons. The zero-order valence-electron chi connectivity index (χ0n) is 17.5. The smallest absolute Gasteiger partial charge is 0.304 e. The lowest BCUT2D eigenvalue weighted by atomic mass is 9.88. The molecule has 0 spiro atoms. The standard InChI is InChI=1S/C20H21B2F2N3O5/c1-11(8-25-19(30)14-4-2-12(21)6-16(14)23)27(9-18(29)26-10-28)20(31)15-5-3-13(22-32)7-17(15)24/h2-7,10-11,22,32H,8-9,21H2,1H3,(H,25,30)(H,26,28,29). The zero-order chi connectivity index (χ0) is 23.8. The fourth-order valence-corrected chi connectivity index (χ4v) is 2.93. The molecular weight excluding hydrogens is 422 g/mol. The number of rotatable bonds is 9. The summed E-state index contributed by atoms with van der Waals surface area (Å²) in [7, 11) is 1.25. The molecule has 4 amide bonds. The average Bonchev–Trinajstić information content (AvgIpc) is 2.75. The zero-order valence-corrected chi connectivity index (χ0v) is 17.5. The van der Waals surface area contributed by atoms with Crippen LogP contribution in [0.25, 0.3) is 0 Å². The lowest BCUT2D eigenvalue weighted by Gasteiger charge is -2.29. The Morgan fingerprint density at radius 2 is 1.81 bits per heavy atom. The lowest BCUT2D eigenvalue weighted by molar-refractivity contribution is -0.126. The molecule has 1 unspecified atom stereocenters. The van der Waals surface area contributed by atoms with Crippen molar-refractivity contribution >= 4 is 50.4 Å². The summed E-state index contributed by atoms with van der Waals surface area (Å²) < 4.78 is 28.4. The van der Waals surface area contributed by atoms with Crippen LogP contribution >= 0.6 is 0 Å². The van der Waals surface area contributed by atoms with Gasteiger partial charge in [-0.3, -0.25) is 24.5 Å². The van der Waals surface area contributed by atoms with E-state index in [0.717, 1.165) is 11.0 Å². The first-order valence-electron chi connectivity index (χ1n) is 9.65. The summed E-state index contributed by atoms with van der Waals surface area (Å²) in [6, 6.07) is 6.78. The molecule has 0 heterocycles. The topological polar surface area (TPSA) is 116 Å². The molecule has 2 aromatic carbocycles. The molecular formula is C20H21B2F2N3O5. The van der Waals surface area contributed by atoms with Crippen molar-refractivity contribution < 1.29 is 33.0 Å². The van der Waals surface area contributed by atoms with Crippen molar-refractivity contribution in [3.63, 3.8) is 0 Å². The van der Waals surface area contributed by atoms with Gasteiger partial charge in [-0.15, -0.1) is 0 Å². The number of carbonyl (C=O) groups is 4. The Morgan fingerprint density at radius 3 is 2.41 bits per heavy atom. The number of imide groups is 1. The van der Waals surface area contributed by atoms with Gasteiger partial charge in [0.15, 0.2) is 0 Å². The van der Waals surface area contributed by atoms with Gasteiger partial charge in [-0.25, -0.2) is 8.78 Å². The monoisotopic (exact) mass is 443 g/mol. The van der Waals surface area contributed by atoms with E-state index in [1.54, 1.807) is 13.9 Å². The van der Waals surface area contributed by atoms with Gasteiger partial charge in [0, 0.05) is 12.6 Å². The van der Waals surface area contributed by atoms with Crippen molar-refractivity contribution in [2.75, 3.05) is 13.1 Å². The predicted molar refractivity (Wildman–Crippen MR) is 117 cm³/mol. The van der Waals surface area contributed by atoms with Crippen molar-refractivity contribution in [3.05, 3.63) is 59.2 Å². The number of amides is 4. The fourth-order valence-electron chi connectivity index (χ4n) is 2.93. The van der Waals surface area contributed by atoms with Gasteiger partial charge in [-0.2, -0.15) is 0 Å². The molecule has 0 saturated carbocycles. The molecule has 0 aliphatic carbocycles. The Labute approximate surface area is 184 Å². The molecule has 0 bridgehead atoms. The van der Waals surface area contributed by atoms with E-state index < -0.39 is 49.4 Å². The highest BCUT2D eigenvalue weighted by Gasteiger charge is 2.27. The summed E-state index contributed by atoms with van der Waals surface area (Å²) in [6.45, 7) is 0.731. The Bertz CT molecular complexity index is 1040. The molecule has 0 aromatic heterocycles. The van der Waals surface area contributed by atoms with Crippen LogP contribution in [-0.2, 0) is 9.59 Å². The van der Waals surface area contributed by atoms with Gasteiger partial charge < -0.3 is 15.2 Å². The summed E-state index contributed by atoms with van der Waals surface area (Å²) in [5.41, 5.74) is 0.346. The van der Waals surface area contributed by atoms with Crippen LogP contribution in [0.3, 0.4) is 0 Å². The quantitative estimate of drug-likeness (QED) is 0.299. The number of nitrogens with zero attached hydrogens (tertiary/aromatic N) is 1. The first kappa shape index (κ1) is 24.7. The van der Waals surface area contributed by atoms with Crippen LogP contribution < -0.4 is 21.6 Å². The van der Waals surface area contributed by atoms with Crippen LogP contribution in [0.1, 0.15) is 27.6 Å². The second-order valence-electron chi connectivity index (χ2n) is 7.13. The van der Waals surface area contributed by atoms with Crippen LogP contribution in [0, 0.1) is 11.6 Å². The highest BCUT2D eigenvalue weighted by molar-refractivity contribution is 6.45. The number of hydrogen-bond acceptors (Lipinski definition) is 5. The van der Waals surface area contributed by atoms with Gasteiger partial charge in [-0.05, 0) is 31.2 Å². The van der Waals surface area contributed by atoms with Gasteiger partial charge in [-0.1, -0.05) is 23.1 Å². The largest absolute Gasteiger partial charge is 0.449 e. The van der Waals surface area contributed by atoms with Crippen LogP contribution in [0.15, 0.2) is 36.4 Å². The van der Waals surface area contributed by atoms with Crippen LogP contribution in [0.5, 0.6) is 0 Å². The molecule has 2 aromatic rings.